The van der Waals surface area contributed by atoms with Gasteiger partial charge in [-0.15, -0.1) is 0 Å². The molecule has 2 atom stereocenters. The van der Waals surface area contributed by atoms with Crippen LogP contribution in [0, 0.1) is 11.3 Å². The van der Waals surface area contributed by atoms with Crippen LogP contribution in [0.2, 0.25) is 0 Å². The Morgan fingerprint density at radius 3 is 2.40 bits per heavy atom. The van der Waals surface area contributed by atoms with Crippen LogP contribution in [-0.2, 0) is 0 Å². The van der Waals surface area contributed by atoms with E-state index in [2.05, 4.69) is 32.7 Å². The lowest BCUT2D eigenvalue weighted by Crippen LogP contribution is -2.44. The van der Waals surface area contributed by atoms with E-state index >= 15 is 0 Å². The van der Waals surface area contributed by atoms with Gasteiger partial charge in [0.15, 0.2) is 0 Å². The van der Waals surface area contributed by atoms with E-state index in [9.17, 15) is 5.11 Å². The normalized spacial score (nSPS) is 28.4. The fourth-order valence-corrected chi connectivity index (χ4v) is 2.79. The molecule has 2 unspecified atom stereocenters. The number of rotatable bonds is 4. The summed E-state index contributed by atoms with van der Waals surface area (Å²) in [5, 5.41) is 9.28. The molecule has 0 spiro atoms. The third kappa shape index (κ3) is 3.76. The number of aliphatic hydroxyl groups is 1. The zero-order chi connectivity index (χ0) is 11.5. The Bertz CT molecular complexity index is 191. The molecule has 0 amide bonds. The maximum atomic E-state index is 9.28. The summed E-state index contributed by atoms with van der Waals surface area (Å²) < 4.78 is 0. The highest BCUT2D eigenvalue weighted by Crippen LogP contribution is 2.29. The van der Waals surface area contributed by atoms with Gasteiger partial charge in [0.05, 0.1) is 0 Å². The van der Waals surface area contributed by atoms with Gasteiger partial charge in [-0.3, -0.25) is 0 Å². The SMILES string of the molecule is CC1CCCCC1N(C)CC(C)(C)CO. The maximum Gasteiger partial charge on any atom is 0.0494 e. The molecule has 1 N–H and O–H groups in total. The van der Waals surface area contributed by atoms with Gasteiger partial charge in [-0.05, 0) is 25.8 Å². The molecule has 0 saturated heterocycles. The number of aliphatic hydroxyl groups excluding tert-OH is 1. The molecule has 0 aromatic rings. The number of hydrogen-bond acceptors (Lipinski definition) is 2. The molecule has 1 rings (SSSR count). The summed E-state index contributed by atoms with van der Waals surface area (Å²) in [6.45, 7) is 7.91. The smallest absolute Gasteiger partial charge is 0.0494 e. The standard InChI is InChI=1S/C13H27NO/c1-11-7-5-6-8-12(11)14(4)9-13(2,3)10-15/h11-12,15H,5-10H2,1-4H3. The van der Waals surface area contributed by atoms with Gasteiger partial charge in [-0.1, -0.05) is 33.6 Å². The zero-order valence-electron chi connectivity index (χ0n) is 10.8. The van der Waals surface area contributed by atoms with Crippen molar-refractivity contribution in [1.29, 1.82) is 0 Å². The van der Waals surface area contributed by atoms with E-state index < -0.39 is 0 Å². The Morgan fingerprint density at radius 2 is 1.87 bits per heavy atom. The highest BCUT2D eigenvalue weighted by Gasteiger charge is 2.28. The molecule has 1 aliphatic carbocycles. The molecule has 0 aromatic carbocycles. The predicted molar refractivity (Wildman–Crippen MR) is 64.9 cm³/mol. The van der Waals surface area contributed by atoms with Crippen molar-refractivity contribution >= 4 is 0 Å². The molecule has 1 fully saturated rings. The highest BCUT2D eigenvalue weighted by atomic mass is 16.3. The Kier molecular flexibility index (Phi) is 4.60. The van der Waals surface area contributed by atoms with E-state index in [1.54, 1.807) is 0 Å². The van der Waals surface area contributed by atoms with Crippen LogP contribution in [0.3, 0.4) is 0 Å². The van der Waals surface area contributed by atoms with Crippen molar-refractivity contribution in [2.24, 2.45) is 11.3 Å². The van der Waals surface area contributed by atoms with Crippen molar-refractivity contribution in [3.63, 3.8) is 0 Å². The van der Waals surface area contributed by atoms with E-state index in [1.807, 2.05) is 0 Å². The second-order valence-electron chi connectivity index (χ2n) is 6.07. The lowest BCUT2D eigenvalue weighted by atomic mass is 9.83. The molecule has 0 aliphatic heterocycles. The van der Waals surface area contributed by atoms with Crippen molar-refractivity contribution < 1.29 is 5.11 Å². The molecule has 0 bridgehead atoms. The zero-order valence-corrected chi connectivity index (χ0v) is 10.8. The van der Waals surface area contributed by atoms with Gasteiger partial charge in [-0.2, -0.15) is 0 Å². The van der Waals surface area contributed by atoms with Gasteiger partial charge in [0.2, 0.25) is 0 Å². The summed E-state index contributed by atoms with van der Waals surface area (Å²) in [7, 11) is 2.21. The van der Waals surface area contributed by atoms with Gasteiger partial charge >= 0.3 is 0 Å². The van der Waals surface area contributed by atoms with Gasteiger partial charge in [0.25, 0.3) is 0 Å². The van der Waals surface area contributed by atoms with E-state index in [0.29, 0.717) is 0 Å². The molecule has 0 heterocycles. The topological polar surface area (TPSA) is 23.5 Å². The van der Waals surface area contributed by atoms with Gasteiger partial charge in [0.1, 0.15) is 0 Å². The number of hydrogen-bond donors (Lipinski definition) is 1. The van der Waals surface area contributed by atoms with Crippen molar-refractivity contribution in [2.75, 3.05) is 20.2 Å². The minimum atomic E-state index is 0.0336. The molecule has 2 heteroatoms. The Balaban J connectivity index is 2.48. The quantitative estimate of drug-likeness (QED) is 0.775. The van der Waals surface area contributed by atoms with Gasteiger partial charge in [0, 0.05) is 24.6 Å². The minimum Gasteiger partial charge on any atom is -0.396 e. The van der Waals surface area contributed by atoms with Crippen LogP contribution in [0.15, 0.2) is 0 Å². The van der Waals surface area contributed by atoms with E-state index in [4.69, 9.17) is 0 Å². The van der Waals surface area contributed by atoms with Crippen molar-refractivity contribution in [2.45, 2.75) is 52.5 Å². The monoisotopic (exact) mass is 213 g/mol. The van der Waals surface area contributed by atoms with Crippen molar-refractivity contribution in [3.8, 4) is 0 Å². The molecule has 0 aromatic heterocycles. The fraction of sp³-hybridized carbons (Fsp3) is 1.00. The van der Waals surface area contributed by atoms with Crippen LogP contribution in [0.4, 0.5) is 0 Å². The first-order valence-corrected chi connectivity index (χ1v) is 6.27. The molecular weight excluding hydrogens is 186 g/mol. The highest BCUT2D eigenvalue weighted by molar-refractivity contribution is 4.82. The second kappa shape index (κ2) is 5.31. The summed E-state index contributed by atoms with van der Waals surface area (Å²) in [4.78, 5) is 2.46. The molecule has 2 nitrogen and oxygen atoms in total. The van der Waals surface area contributed by atoms with E-state index in [0.717, 1.165) is 18.5 Å². The molecule has 15 heavy (non-hydrogen) atoms. The molecule has 1 saturated carbocycles. The van der Waals surface area contributed by atoms with Crippen molar-refractivity contribution in [3.05, 3.63) is 0 Å². The van der Waals surface area contributed by atoms with Crippen molar-refractivity contribution in [1.82, 2.24) is 4.90 Å². The van der Waals surface area contributed by atoms with E-state index in [-0.39, 0.29) is 12.0 Å². The van der Waals surface area contributed by atoms with Crippen LogP contribution in [-0.4, -0.2) is 36.2 Å². The second-order valence-corrected chi connectivity index (χ2v) is 6.07. The summed E-state index contributed by atoms with van der Waals surface area (Å²) in [5.41, 5.74) is 0.0336. The lowest BCUT2D eigenvalue weighted by molar-refractivity contribution is 0.0643. The van der Waals surface area contributed by atoms with Crippen LogP contribution in [0.5, 0.6) is 0 Å². The first-order valence-electron chi connectivity index (χ1n) is 6.27. The minimum absolute atomic E-state index is 0.0336. The average molecular weight is 213 g/mol. The third-order valence-corrected chi connectivity index (χ3v) is 3.74. The van der Waals surface area contributed by atoms with Crippen LogP contribution >= 0.6 is 0 Å². The summed E-state index contributed by atoms with van der Waals surface area (Å²) in [6.07, 6.45) is 5.47. The maximum absolute atomic E-state index is 9.28. The first-order chi connectivity index (χ1) is 6.96. The van der Waals surface area contributed by atoms with Crippen LogP contribution < -0.4 is 0 Å². The predicted octanol–water partition coefficient (Wildman–Crippen LogP) is 2.52. The molecule has 90 valence electrons. The first kappa shape index (κ1) is 13.0. The van der Waals surface area contributed by atoms with E-state index in [1.165, 1.54) is 25.7 Å². The Hall–Kier alpha value is -0.0800. The van der Waals surface area contributed by atoms with Crippen LogP contribution in [0.1, 0.15) is 46.5 Å². The summed E-state index contributed by atoms with van der Waals surface area (Å²) in [6, 6.07) is 0.726. The Morgan fingerprint density at radius 1 is 1.27 bits per heavy atom. The molecular formula is C13H27NO. The van der Waals surface area contributed by atoms with Gasteiger partial charge in [-0.25, -0.2) is 0 Å². The molecule has 1 aliphatic rings. The average Bonchev–Trinajstić information content (AvgIpc) is 2.17. The van der Waals surface area contributed by atoms with Crippen LogP contribution in [0.25, 0.3) is 0 Å². The summed E-state index contributed by atoms with van der Waals surface area (Å²) >= 11 is 0. The van der Waals surface area contributed by atoms with Gasteiger partial charge < -0.3 is 10.0 Å². The molecule has 0 radical (unpaired) electrons. The fourth-order valence-electron chi connectivity index (χ4n) is 2.79. The number of nitrogens with zero attached hydrogens (tertiary/aromatic N) is 1. The third-order valence-electron chi connectivity index (χ3n) is 3.74. The Labute approximate surface area is 94.7 Å². The summed E-state index contributed by atoms with van der Waals surface area (Å²) in [5.74, 6) is 0.818. The lowest BCUT2D eigenvalue weighted by Gasteiger charge is -2.39. The largest absolute Gasteiger partial charge is 0.396 e.